The van der Waals surface area contributed by atoms with Gasteiger partial charge < -0.3 is 24.8 Å². The molecule has 0 saturated carbocycles. The lowest BCUT2D eigenvalue weighted by atomic mass is 10.1. The maximum absolute atomic E-state index is 10.1. The summed E-state index contributed by atoms with van der Waals surface area (Å²) in [5, 5.41) is 13.1. The average molecular weight is 322 g/mol. The summed E-state index contributed by atoms with van der Waals surface area (Å²) in [7, 11) is 0. The third-order valence-corrected chi connectivity index (χ3v) is 3.02. The van der Waals surface area contributed by atoms with Crippen molar-refractivity contribution in [3.05, 3.63) is 0 Å². The standard InChI is InChI=1S/C13H24N4O3S/c1-13(2,3)14-8-10(18)9-20-12-11(15-21-16-12)17-4-6-19-7-5-17/h10,14,18H,4-9H2,1-3H3/t10-/m0/s1/i6D2,7D2,9D2. The average Bonchev–Trinajstić information content (AvgIpc) is 2.87. The maximum Gasteiger partial charge on any atom is 0.270 e. The Kier molecular flexibility index (Phi) is 3.48. The number of hydrogen-bond donors (Lipinski definition) is 2. The van der Waals surface area contributed by atoms with Gasteiger partial charge in [-0.25, -0.2) is 0 Å². The van der Waals surface area contributed by atoms with E-state index in [4.69, 9.17) is 17.7 Å². The summed E-state index contributed by atoms with van der Waals surface area (Å²) in [5.41, 5.74) is -0.324. The number of morpholine rings is 1. The fourth-order valence-corrected chi connectivity index (χ4v) is 1.98. The smallest absolute Gasteiger partial charge is 0.270 e. The molecule has 0 bridgehead atoms. The summed E-state index contributed by atoms with van der Waals surface area (Å²) >= 11 is 0.714. The van der Waals surface area contributed by atoms with Crippen LogP contribution in [0.2, 0.25) is 0 Å². The van der Waals surface area contributed by atoms with Crippen LogP contribution < -0.4 is 15.0 Å². The normalized spacial score (nSPS) is 27.5. The van der Waals surface area contributed by atoms with Gasteiger partial charge in [0.1, 0.15) is 12.7 Å². The lowest BCUT2D eigenvalue weighted by Gasteiger charge is -2.27. The molecule has 8 heteroatoms. The second-order valence-corrected chi connectivity index (χ2v) is 6.03. The molecule has 0 unspecified atom stereocenters. The second kappa shape index (κ2) is 7.35. The Balaban J connectivity index is 2.14. The first-order valence-electron chi connectivity index (χ1n) is 9.50. The van der Waals surface area contributed by atoms with Gasteiger partial charge in [-0.05, 0) is 20.8 Å². The maximum atomic E-state index is 10.1. The summed E-state index contributed by atoms with van der Waals surface area (Å²) in [6, 6.07) is 0. The van der Waals surface area contributed by atoms with Gasteiger partial charge in [0.2, 0.25) is 5.82 Å². The van der Waals surface area contributed by atoms with E-state index in [0.29, 0.717) is 11.7 Å². The first-order chi connectivity index (χ1) is 12.1. The second-order valence-electron chi connectivity index (χ2n) is 5.51. The molecule has 0 aliphatic carbocycles. The van der Waals surface area contributed by atoms with Gasteiger partial charge in [-0.3, -0.25) is 0 Å². The quantitative estimate of drug-likeness (QED) is 0.789. The summed E-state index contributed by atoms with van der Waals surface area (Å²) in [4.78, 5) is 1.25. The molecule has 1 aromatic rings. The van der Waals surface area contributed by atoms with Crippen LogP contribution in [0.4, 0.5) is 5.82 Å². The highest BCUT2D eigenvalue weighted by molar-refractivity contribution is 6.99. The van der Waals surface area contributed by atoms with E-state index >= 15 is 0 Å². The minimum absolute atomic E-state index is 0.00379. The van der Waals surface area contributed by atoms with Gasteiger partial charge in [-0.1, -0.05) is 0 Å². The fourth-order valence-electron chi connectivity index (χ4n) is 1.48. The Morgan fingerprint density at radius 1 is 1.52 bits per heavy atom. The van der Waals surface area contributed by atoms with Crippen molar-refractivity contribution in [3.8, 4) is 5.88 Å². The summed E-state index contributed by atoms with van der Waals surface area (Å²) < 4.78 is 64.6. The number of rotatable bonds is 6. The molecule has 120 valence electrons. The minimum atomic E-state index is -2.49. The highest BCUT2D eigenvalue weighted by Gasteiger charge is 2.21. The molecule has 1 aliphatic heterocycles. The van der Waals surface area contributed by atoms with Gasteiger partial charge in [0.25, 0.3) is 5.88 Å². The van der Waals surface area contributed by atoms with E-state index in [2.05, 4.69) is 14.1 Å². The number of ether oxygens (including phenoxy) is 2. The number of aromatic nitrogens is 2. The number of nitrogens with zero attached hydrogens (tertiary/aromatic N) is 3. The van der Waals surface area contributed by atoms with Crippen molar-refractivity contribution in [3.63, 3.8) is 0 Å². The fraction of sp³-hybridized carbons (Fsp3) is 0.846. The van der Waals surface area contributed by atoms with Crippen LogP contribution in [0.15, 0.2) is 0 Å². The van der Waals surface area contributed by atoms with Gasteiger partial charge in [0.15, 0.2) is 0 Å². The molecular formula is C13H24N4O3S. The lowest BCUT2D eigenvalue weighted by molar-refractivity contribution is 0.0975. The molecule has 0 spiro atoms. The zero-order valence-electron chi connectivity index (χ0n) is 18.2. The molecule has 2 heterocycles. The zero-order chi connectivity index (χ0) is 20.7. The monoisotopic (exact) mass is 322 g/mol. The van der Waals surface area contributed by atoms with E-state index in [-0.39, 0.29) is 36.9 Å². The first-order valence-corrected chi connectivity index (χ1v) is 7.23. The van der Waals surface area contributed by atoms with Crippen molar-refractivity contribution >= 4 is 17.5 Å². The predicted octanol–water partition coefficient (Wildman–Crippen LogP) is 0.502. The Hall–Kier alpha value is -0.960. The van der Waals surface area contributed by atoms with Gasteiger partial charge in [0, 0.05) is 25.2 Å². The molecule has 1 atom stereocenters. The van der Waals surface area contributed by atoms with Crippen molar-refractivity contribution in [2.75, 3.05) is 44.2 Å². The lowest BCUT2D eigenvalue weighted by Crippen LogP contribution is -2.42. The predicted molar refractivity (Wildman–Crippen MR) is 82.2 cm³/mol. The molecule has 1 saturated heterocycles. The van der Waals surface area contributed by atoms with Crippen LogP contribution in [-0.4, -0.2) is 64.8 Å². The van der Waals surface area contributed by atoms with Crippen LogP contribution >= 0.6 is 11.7 Å². The number of β-amino-alcohol motifs (C(OH)–C–C–N with tert-alkyl or cyclic N) is 1. The number of hydrogen-bond acceptors (Lipinski definition) is 8. The molecule has 0 amide bonds. The number of nitrogens with one attached hydrogen (secondary N) is 1. The molecule has 0 radical (unpaired) electrons. The van der Waals surface area contributed by atoms with Crippen LogP contribution in [0, 0.1) is 0 Å². The first kappa shape index (κ1) is 9.94. The van der Waals surface area contributed by atoms with Crippen molar-refractivity contribution in [1.29, 1.82) is 0 Å². The largest absolute Gasteiger partial charge is 0.472 e. The highest BCUT2D eigenvalue weighted by Crippen LogP contribution is 2.26. The van der Waals surface area contributed by atoms with Gasteiger partial charge in [0.05, 0.1) is 33.1 Å². The van der Waals surface area contributed by atoms with Gasteiger partial charge >= 0.3 is 0 Å². The van der Waals surface area contributed by atoms with Gasteiger partial charge in [-0.15, -0.1) is 4.37 Å². The Morgan fingerprint density at radius 3 is 2.90 bits per heavy atom. The molecule has 0 aromatic carbocycles. The molecule has 1 fully saturated rings. The summed E-state index contributed by atoms with van der Waals surface area (Å²) in [5.74, 6) is -0.246. The topological polar surface area (TPSA) is 79.7 Å². The minimum Gasteiger partial charge on any atom is -0.472 e. The van der Waals surface area contributed by atoms with Crippen LogP contribution in [-0.2, 0) is 4.74 Å². The van der Waals surface area contributed by atoms with E-state index in [0.717, 1.165) is 0 Å². The van der Waals surface area contributed by atoms with Crippen molar-refractivity contribution < 1.29 is 22.8 Å². The Bertz CT molecular complexity index is 638. The molecule has 21 heavy (non-hydrogen) atoms. The molecular weight excluding hydrogens is 292 g/mol. The van der Waals surface area contributed by atoms with Crippen molar-refractivity contribution in [1.82, 2.24) is 14.1 Å². The van der Waals surface area contributed by atoms with E-state index in [1.54, 1.807) is 0 Å². The highest BCUT2D eigenvalue weighted by atomic mass is 32.1. The molecule has 1 aliphatic rings. The van der Waals surface area contributed by atoms with E-state index < -0.39 is 25.8 Å². The molecule has 7 nitrogen and oxygen atoms in total. The van der Waals surface area contributed by atoms with Crippen LogP contribution in [0.3, 0.4) is 0 Å². The third kappa shape index (κ3) is 5.39. The van der Waals surface area contributed by atoms with Crippen LogP contribution in [0.5, 0.6) is 5.88 Å². The Morgan fingerprint density at radius 2 is 2.24 bits per heavy atom. The number of anilines is 1. The van der Waals surface area contributed by atoms with E-state index in [1.807, 2.05) is 20.8 Å². The zero-order valence-corrected chi connectivity index (χ0v) is 13.0. The van der Waals surface area contributed by atoms with Crippen LogP contribution in [0.1, 0.15) is 29.0 Å². The van der Waals surface area contributed by atoms with Crippen molar-refractivity contribution in [2.45, 2.75) is 32.4 Å². The van der Waals surface area contributed by atoms with Crippen molar-refractivity contribution in [2.24, 2.45) is 0 Å². The molecule has 2 rings (SSSR count). The molecule has 1 aromatic heterocycles. The number of aliphatic hydroxyl groups excluding tert-OH is 1. The van der Waals surface area contributed by atoms with E-state index in [9.17, 15) is 5.11 Å². The van der Waals surface area contributed by atoms with Gasteiger partial charge in [-0.2, -0.15) is 4.37 Å². The molecule has 2 N–H and O–H groups in total. The Labute approximate surface area is 138 Å². The SMILES string of the molecule is [2H]C1([2H])CN(c2nsnc2OC([2H])([2H])[C@@H](O)CNC(C)(C)C)CC([2H])([2H])O1. The summed E-state index contributed by atoms with van der Waals surface area (Å²) in [6.07, 6.45) is -1.51. The third-order valence-electron chi connectivity index (χ3n) is 2.51. The summed E-state index contributed by atoms with van der Waals surface area (Å²) in [6.45, 7) is -2.12. The number of aliphatic hydroxyl groups is 1. The van der Waals surface area contributed by atoms with Crippen LogP contribution in [0.25, 0.3) is 0 Å². The van der Waals surface area contributed by atoms with E-state index in [1.165, 1.54) is 4.90 Å².